The highest BCUT2D eigenvalue weighted by Gasteiger charge is 2.53. The molecule has 1 aliphatic carbocycles. The number of rotatable bonds is 9. The van der Waals surface area contributed by atoms with Gasteiger partial charge in [0.05, 0.1) is 24.4 Å². The maximum absolute atomic E-state index is 14.5. The Morgan fingerprint density at radius 1 is 0.870 bits per heavy atom. The van der Waals surface area contributed by atoms with Crippen molar-refractivity contribution in [3.05, 3.63) is 47.6 Å². The SMILES string of the molecule is CO[C@H]1CC2CC[C@@H](C)[C@@](O)(O2)C(=O)C(=O)N2CCCCC2C(=O)O[C@H]([C@H](C)C[C@@H]2CCC(OC[P+](C)=O)[C@H](OC)C2)CC(=O)[C@H](C)/C=C(\C)[C@@H](O)[C@@H](OC)C(=O)[C@H](C)C[C@H](C)/C=C/C=CC=C1C. The van der Waals surface area contributed by atoms with Gasteiger partial charge in [-0.1, -0.05) is 75.6 Å². The zero-order valence-electron chi connectivity index (χ0n) is 43.1. The van der Waals surface area contributed by atoms with E-state index in [-0.39, 0.29) is 67.3 Å². The number of Topliss-reactive ketones (excluding diaryl/α,β-unsaturated/α-hetero) is 3. The molecule has 1 saturated carbocycles. The molecule has 4 unspecified atom stereocenters. The zero-order chi connectivity index (χ0) is 51.2. The maximum atomic E-state index is 14.5. The Bertz CT molecular complexity index is 1900. The Morgan fingerprint density at radius 3 is 2.26 bits per heavy atom. The number of fused-ring (bicyclic) bond motifs is 3. The van der Waals surface area contributed by atoms with Crippen molar-refractivity contribution in [3.8, 4) is 0 Å². The van der Waals surface area contributed by atoms with Crippen LogP contribution in [0.25, 0.3) is 0 Å². The van der Waals surface area contributed by atoms with Crippen molar-refractivity contribution in [2.45, 2.75) is 180 Å². The fourth-order valence-electron chi connectivity index (χ4n) is 10.5. The van der Waals surface area contributed by atoms with Crippen LogP contribution in [0.3, 0.4) is 0 Å². The van der Waals surface area contributed by atoms with E-state index in [9.17, 15) is 38.8 Å². The molecule has 1 amide bonds. The smallest absolute Gasteiger partial charge is 0.363 e. The summed E-state index contributed by atoms with van der Waals surface area (Å²) in [5, 5.41) is 23.5. The van der Waals surface area contributed by atoms with Gasteiger partial charge in [-0.05, 0) is 107 Å². The largest absolute Gasteiger partial charge is 0.460 e. The molecule has 0 aromatic heterocycles. The molecule has 0 radical (unpaired) electrons. The van der Waals surface area contributed by atoms with Gasteiger partial charge in [0.2, 0.25) is 12.1 Å². The number of allylic oxidation sites excluding steroid dienone is 6. The van der Waals surface area contributed by atoms with Gasteiger partial charge in [0.25, 0.3) is 11.7 Å². The summed E-state index contributed by atoms with van der Waals surface area (Å²) in [6.07, 6.45) is 11.9. The van der Waals surface area contributed by atoms with Gasteiger partial charge in [0.1, 0.15) is 36.8 Å². The third kappa shape index (κ3) is 16.1. The lowest BCUT2D eigenvalue weighted by Crippen LogP contribution is -2.61. The lowest BCUT2D eigenvalue weighted by atomic mass is 9.78. The van der Waals surface area contributed by atoms with Crippen molar-refractivity contribution in [2.24, 2.45) is 35.5 Å². The van der Waals surface area contributed by atoms with Crippen LogP contribution in [0.4, 0.5) is 0 Å². The lowest BCUT2D eigenvalue weighted by Gasteiger charge is -2.42. The molecule has 2 saturated heterocycles. The van der Waals surface area contributed by atoms with Crippen LogP contribution in [0, 0.1) is 35.5 Å². The topological polar surface area (TPSA) is 201 Å². The summed E-state index contributed by atoms with van der Waals surface area (Å²) in [6, 6.07) is -1.15. The average molecular weight is 989 g/mol. The Hall–Kier alpha value is -3.27. The van der Waals surface area contributed by atoms with E-state index in [1.54, 1.807) is 47.7 Å². The van der Waals surface area contributed by atoms with Crippen molar-refractivity contribution in [1.29, 1.82) is 0 Å². The summed E-state index contributed by atoms with van der Waals surface area (Å²) < 4.78 is 47.5. The molecule has 16 atom stereocenters. The van der Waals surface area contributed by atoms with E-state index in [1.807, 2.05) is 58.1 Å². The third-order valence-electron chi connectivity index (χ3n) is 14.9. The summed E-state index contributed by atoms with van der Waals surface area (Å²) in [5.74, 6) is -8.03. The van der Waals surface area contributed by atoms with Crippen LogP contribution in [0.1, 0.15) is 126 Å². The molecule has 4 rings (SSSR count). The highest BCUT2D eigenvalue weighted by atomic mass is 31.1. The molecule has 2 N–H and O–H groups in total. The molecule has 3 aliphatic heterocycles. The molecule has 3 fully saturated rings. The molecule has 15 nitrogen and oxygen atoms in total. The number of carbonyl (C=O) groups is 5. The van der Waals surface area contributed by atoms with Crippen LogP contribution in [0.2, 0.25) is 0 Å². The average Bonchev–Trinajstić information content (AvgIpc) is 3.32. The number of cyclic esters (lactones) is 1. The summed E-state index contributed by atoms with van der Waals surface area (Å²) in [6.45, 7) is 14.4. The van der Waals surface area contributed by atoms with Crippen LogP contribution in [0.15, 0.2) is 47.6 Å². The lowest BCUT2D eigenvalue weighted by molar-refractivity contribution is -0.265. The van der Waals surface area contributed by atoms with Crippen molar-refractivity contribution < 1.29 is 67.2 Å². The number of piperidine rings is 1. The van der Waals surface area contributed by atoms with E-state index in [4.69, 9.17) is 28.4 Å². The molecule has 0 aromatic rings. The normalized spacial score (nSPS) is 37.8. The van der Waals surface area contributed by atoms with Crippen molar-refractivity contribution in [3.63, 3.8) is 0 Å². The van der Waals surface area contributed by atoms with Gasteiger partial charge >= 0.3 is 13.8 Å². The van der Waals surface area contributed by atoms with E-state index in [0.717, 1.165) is 12.0 Å². The molecule has 0 aromatic carbocycles. The molecule has 69 heavy (non-hydrogen) atoms. The number of hydrogen-bond acceptors (Lipinski definition) is 14. The summed E-state index contributed by atoms with van der Waals surface area (Å²) in [7, 11) is 3.09. The number of hydrogen-bond donors (Lipinski definition) is 2. The van der Waals surface area contributed by atoms with Crippen LogP contribution < -0.4 is 0 Å². The Kier molecular flexibility index (Phi) is 23.3. The molecule has 16 heteroatoms. The van der Waals surface area contributed by atoms with E-state index in [2.05, 4.69) is 0 Å². The maximum Gasteiger partial charge on any atom is 0.363 e. The van der Waals surface area contributed by atoms with E-state index in [1.165, 1.54) is 12.0 Å². The highest BCUT2D eigenvalue weighted by molar-refractivity contribution is 7.43. The van der Waals surface area contributed by atoms with Gasteiger partial charge < -0.3 is 43.5 Å². The third-order valence-corrected chi connectivity index (χ3v) is 15.4. The number of nitrogens with zero attached hydrogens (tertiary/aromatic N) is 1. The number of esters is 1. The van der Waals surface area contributed by atoms with E-state index in [0.29, 0.717) is 63.4 Å². The number of ether oxygens (including phenoxy) is 6. The van der Waals surface area contributed by atoms with Crippen LogP contribution in [-0.4, -0.2) is 140 Å². The fourth-order valence-corrected chi connectivity index (χ4v) is 10.9. The Labute approximate surface area is 411 Å². The number of aliphatic hydroxyl groups excluding tert-OH is 1. The van der Waals surface area contributed by atoms with Crippen molar-refractivity contribution in [2.75, 3.05) is 40.9 Å². The molecular weight excluding hydrogens is 906 g/mol. The first-order valence-corrected chi connectivity index (χ1v) is 27.0. The highest BCUT2D eigenvalue weighted by Crippen LogP contribution is 2.38. The predicted octanol–water partition coefficient (Wildman–Crippen LogP) is 7.62. The first-order chi connectivity index (χ1) is 32.6. The fraction of sp³-hybridized carbons (Fsp3) is 0.755. The minimum atomic E-state index is -2.44. The molecule has 2 bridgehead atoms. The van der Waals surface area contributed by atoms with Crippen LogP contribution >= 0.6 is 7.80 Å². The minimum Gasteiger partial charge on any atom is -0.460 e. The molecule has 0 spiro atoms. The van der Waals surface area contributed by atoms with Gasteiger partial charge in [-0.2, -0.15) is 0 Å². The summed E-state index contributed by atoms with van der Waals surface area (Å²) in [4.78, 5) is 72.2. The predicted molar refractivity (Wildman–Crippen MR) is 262 cm³/mol. The molecule has 4 aliphatic rings. The van der Waals surface area contributed by atoms with Crippen molar-refractivity contribution >= 4 is 37.0 Å². The van der Waals surface area contributed by atoms with Gasteiger partial charge in [-0.25, -0.2) is 4.79 Å². The molecular formula is C53H83NO14P+. The first kappa shape index (κ1) is 58.3. The zero-order valence-corrected chi connectivity index (χ0v) is 44.0. The summed E-state index contributed by atoms with van der Waals surface area (Å²) in [5.41, 5.74) is 1.26. The second kappa shape index (κ2) is 27.5. The second-order valence-electron chi connectivity index (χ2n) is 20.5. The number of carbonyl (C=O) groups excluding carboxylic acids is 5. The van der Waals surface area contributed by atoms with Gasteiger partial charge in [0.15, 0.2) is 5.78 Å². The molecule has 388 valence electrons. The number of aliphatic hydroxyl groups is 2. The number of ketones is 3. The first-order valence-electron chi connectivity index (χ1n) is 25.1. The van der Waals surface area contributed by atoms with Crippen molar-refractivity contribution in [1.82, 2.24) is 4.90 Å². The number of amides is 1. The Balaban J connectivity index is 1.70. The summed E-state index contributed by atoms with van der Waals surface area (Å²) >= 11 is 0. The van der Waals surface area contributed by atoms with Crippen LogP contribution in [0.5, 0.6) is 0 Å². The Morgan fingerprint density at radius 2 is 1.59 bits per heavy atom. The molecule has 3 heterocycles. The van der Waals surface area contributed by atoms with Crippen LogP contribution in [-0.2, 0) is 57.0 Å². The minimum absolute atomic E-state index is 0.0133. The quantitative estimate of drug-likeness (QED) is 0.0989. The van der Waals surface area contributed by atoms with E-state index < -0.39 is 85.6 Å². The number of methoxy groups -OCH3 is 3. The van der Waals surface area contributed by atoms with Gasteiger partial charge in [-0.15, -0.1) is 0 Å². The standard InChI is InChI=1S/C53H83NO14P/c1-32-17-13-12-14-18-33(2)44(63-8)29-40-22-20-38(7)53(61,68-40)50(58)51(59)54-24-16-15-19-41(54)52(60)67-45(35(4)27-39-21-23-43(46(28-39)64-9)66-31-69(11)62)30-42(55)34(3)26-37(6)48(57)49(65-10)47(56)36(5)25-32/h12-14,17-18,26,32,34-36,38-41,43-46,48-49,57,61H,15-16,19-25,27-31H2,1-11H3/q+1/b14-12?,17-13+,33-18?,37-26+/t32-,34-,35-,36-,38-,39+,40?,41?,43?,44+,45+,46-,48-,49+,53-/m1/s1. The van der Waals surface area contributed by atoms with E-state index >= 15 is 0 Å². The second-order valence-corrected chi connectivity index (χ2v) is 22.0. The van der Waals surface area contributed by atoms with Gasteiger partial charge in [-0.3, -0.25) is 19.2 Å². The monoisotopic (exact) mass is 989 g/mol. The van der Waals surface area contributed by atoms with Gasteiger partial charge in [0, 0.05) is 58.5 Å².